The zero-order valence-electron chi connectivity index (χ0n) is 9.77. The summed E-state index contributed by atoms with van der Waals surface area (Å²) in [6.45, 7) is 1.86. The average Bonchev–Trinajstić information content (AvgIpc) is 2.28. The second-order valence-corrected chi connectivity index (χ2v) is 4.90. The number of anilines is 1. The topological polar surface area (TPSA) is 49.3 Å². The van der Waals surface area contributed by atoms with Crippen LogP contribution in [0.3, 0.4) is 0 Å². The Hall–Kier alpha value is -1.81. The molecule has 0 fully saturated rings. The first-order valence-corrected chi connectivity index (χ1v) is 6.22. The van der Waals surface area contributed by atoms with Gasteiger partial charge < -0.3 is 10.4 Å². The van der Waals surface area contributed by atoms with E-state index in [-0.39, 0.29) is 17.2 Å². The standard InChI is InChI=1S/C14H12BrNO2/c1-9-5-6-12(13(17)7-9)14(18)16-11-4-2-3-10(15)8-11/h2-8,17H,1H3,(H,16,18). The average molecular weight is 306 g/mol. The third-order valence-corrected chi connectivity index (χ3v) is 2.97. The normalized spacial score (nSPS) is 10.1. The van der Waals surface area contributed by atoms with Crippen LogP contribution >= 0.6 is 15.9 Å². The molecule has 0 aromatic heterocycles. The monoisotopic (exact) mass is 305 g/mol. The molecule has 0 saturated carbocycles. The van der Waals surface area contributed by atoms with Crippen LogP contribution in [0.4, 0.5) is 5.69 Å². The highest BCUT2D eigenvalue weighted by Gasteiger charge is 2.11. The Morgan fingerprint density at radius 2 is 2.00 bits per heavy atom. The lowest BCUT2D eigenvalue weighted by Crippen LogP contribution is -2.12. The van der Waals surface area contributed by atoms with Crippen LogP contribution in [0.25, 0.3) is 0 Å². The summed E-state index contributed by atoms with van der Waals surface area (Å²) < 4.78 is 0.883. The third kappa shape index (κ3) is 2.90. The maximum absolute atomic E-state index is 12.0. The number of rotatable bonds is 2. The maximum Gasteiger partial charge on any atom is 0.259 e. The summed E-state index contributed by atoms with van der Waals surface area (Å²) in [4.78, 5) is 12.0. The van der Waals surface area contributed by atoms with Crippen LogP contribution in [0, 0.1) is 6.92 Å². The highest BCUT2D eigenvalue weighted by atomic mass is 79.9. The zero-order chi connectivity index (χ0) is 13.1. The summed E-state index contributed by atoms with van der Waals surface area (Å²) in [6, 6.07) is 12.2. The summed E-state index contributed by atoms with van der Waals surface area (Å²) in [5.74, 6) is -0.340. The molecule has 0 unspecified atom stereocenters. The minimum absolute atomic E-state index is 0.0116. The van der Waals surface area contributed by atoms with Gasteiger partial charge in [0.05, 0.1) is 5.56 Å². The van der Waals surface area contributed by atoms with Crippen molar-refractivity contribution in [3.8, 4) is 5.75 Å². The molecule has 3 nitrogen and oxygen atoms in total. The molecule has 1 amide bonds. The van der Waals surface area contributed by atoms with Gasteiger partial charge in [-0.15, -0.1) is 0 Å². The van der Waals surface area contributed by atoms with Gasteiger partial charge in [0.15, 0.2) is 0 Å². The molecule has 0 radical (unpaired) electrons. The highest BCUT2D eigenvalue weighted by molar-refractivity contribution is 9.10. The van der Waals surface area contributed by atoms with Gasteiger partial charge >= 0.3 is 0 Å². The lowest BCUT2D eigenvalue weighted by atomic mass is 10.1. The molecule has 4 heteroatoms. The molecule has 18 heavy (non-hydrogen) atoms. The fraction of sp³-hybridized carbons (Fsp3) is 0.0714. The van der Waals surface area contributed by atoms with Gasteiger partial charge in [-0.1, -0.05) is 28.1 Å². The fourth-order valence-corrected chi connectivity index (χ4v) is 2.00. The van der Waals surface area contributed by atoms with Crippen molar-refractivity contribution < 1.29 is 9.90 Å². The van der Waals surface area contributed by atoms with E-state index in [1.165, 1.54) is 0 Å². The first kappa shape index (κ1) is 12.6. The van der Waals surface area contributed by atoms with Crippen molar-refractivity contribution in [2.75, 3.05) is 5.32 Å². The molecule has 2 rings (SSSR count). The van der Waals surface area contributed by atoms with E-state index in [1.807, 2.05) is 19.1 Å². The van der Waals surface area contributed by atoms with E-state index < -0.39 is 0 Å². The molecule has 0 aliphatic heterocycles. The number of hydrogen-bond donors (Lipinski definition) is 2. The molecule has 0 bridgehead atoms. The second kappa shape index (κ2) is 5.23. The number of nitrogens with one attached hydrogen (secondary N) is 1. The van der Waals surface area contributed by atoms with Crippen LogP contribution in [0.5, 0.6) is 5.75 Å². The fourth-order valence-electron chi connectivity index (χ4n) is 1.60. The first-order valence-electron chi connectivity index (χ1n) is 5.43. The minimum Gasteiger partial charge on any atom is -0.507 e. The number of carbonyl (C=O) groups excluding carboxylic acids is 1. The number of phenols is 1. The molecule has 92 valence electrons. The molecule has 0 saturated heterocycles. The van der Waals surface area contributed by atoms with E-state index in [2.05, 4.69) is 21.2 Å². The van der Waals surface area contributed by atoms with Gasteiger partial charge in [0.2, 0.25) is 0 Å². The summed E-state index contributed by atoms with van der Waals surface area (Å²) in [5.41, 5.74) is 1.85. The molecule has 0 heterocycles. The molecule has 0 atom stereocenters. The molecule has 2 aromatic rings. The smallest absolute Gasteiger partial charge is 0.259 e. The van der Waals surface area contributed by atoms with Crippen molar-refractivity contribution in [2.24, 2.45) is 0 Å². The lowest BCUT2D eigenvalue weighted by Gasteiger charge is -2.07. The largest absolute Gasteiger partial charge is 0.507 e. The van der Waals surface area contributed by atoms with E-state index in [0.29, 0.717) is 5.69 Å². The number of hydrogen-bond acceptors (Lipinski definition) is 2. The van der Waals surface area contributed by atoms with Gasteiger partial charge in [0.25, 0.3) is 5.91 Å². The van der Waals surface area contributed by atoms with Crippen LogP contribution in [0.2, 0.25) is 0 Å². The lowest BCUT2D eigenvalue weighted by molar-refractivity contribution is 0.102. The third-order valence-electron chi connectivity index (χ3n) is 2.48. The number of benzene rings is 2. The summed E-state index contributed by atoms with van der Waals surface area (Å²) in [5, 5.41) is 12.5. The Morgan fingerprint density at radius 3 is 2.67 bits per heavy atom. The SMILES string of the molecule is Cc1ccc(C(=O)Nc2cccc(Br)c2)c(O)c1. The molecule has 0 aliphatic rings. The molecular formula is C14H12BrNO2. The van der Waals surface area contributed by atoms with Crippen LogP contribution in [-0.2, 0) is 0 Å². The van der Waals surface area contributed by atoms with Gasteiger partial charge in [0.1, 0.15) is 5.75 Å². The van der Waals surface area contributed by atoms with Crippen molar-refractivity contribution in [3.05, 3.63) is 58.1 Å². The van der Waals surface area contributed by atoms with E-state index in [1.54, 1.807) is 30.3 Å². The Morgan fingerprint density at radius 1 is 1.22 bits per heavy atom. The summed E-state index contributed by atoms with van der Waals surface area (Å²) >= 11 is 3.33. The highest BCUT2D eigenvalue weighted by Crippen LogP contribution is 2.21. The Balaban J connectivity index is 2.22. The van der Waals surface area contributed by atoms with Crippen LogP contribution in [-0.4, -0.2) is 11.0 Å². The Kier molecular flexibility index (Phi) is 3.67. The van der Waals surface area contributed by atoms with E-state index >= 15 is 0 Å². The second-order valence-electron chi connectivity index (χ2n) is 3.99. The Labute approximate surface area is 114 Å². The van der Waals surface area contributed by atoms with Crippen LogP contribution < -0.4 is 5.32 Å². The molecular weight excluding hydrogens is 294 g/mol. The minimum atomic E-state index is -0.328. The van der Waals surface area contributed by atoms with Crippen molar-refractivity contribution in [1.29, 1.82) is 0 Å². The number of carbonyl (C=O) groups is 1. The number of phenolic OH excluding ortho intramolecular Hbond substituents is 1. The van der Waals surface area contributed by atoms with Gasteiger partial charge in [-0.05, 0) is 42.8 Å². The number of halogens is 1. The number of aromatic hydroxyl groups is 1. The van der Waals surface area contributed by atoms with Crippen molar-refractivity contribution >= 4 is 27.5 Å². The summed E-state index contributed by atoms with van der Waals surface area (Å²) in [7, 11) is 0. The van der Waals surface area contributed by atoms with Gasteiger partial charge in [-0.2, -0.15) is 0 Å². The molecule has 2 N–H and O–H groups in total. The number of aryl methyl sites for hydroxylation is 1. The van der Waals surface area contributed by atoms with Crippen molar-refractivity contribution in [3.63, 3.8) is 0 Å². The van der Waals surface area contributed by atoms with Crippen LogP contribution in [0.1, 0.15) is 15.9 Å². The predicted octanol–water partition coefficient (Wildman–Crippen LogP) is 3.72. The first-order chi connectivity index (χ1) is 8.56. The molecule has 2 aromatic carbocycles. The molecule has 0 spiro atoms. The van der Waals surface area contributed by atoms with Crippen molar-refractivity contribution in [1.82, 2.24) is 0 Å². The van der Waals surface area contributed by atoms with E-state index in [4.69, 9.17) is 0 Å². The predicted molar refractivity (Wildman–Crippen MR) is 74.9 cm³/mol. The zero-order valence-corrected chi connectivity index (χ0v) is 11.4. The maximum atomic E-state index is 12.0. The summed E-state index contributed by atoms with van der Waals surface area (Å²) in [6.07, 6.45) is 0. The van der Waals surface area contributed by atoms with Gasteiger partial charge in [-0.25, -0.2) is 0 Å². The van der Waals surface area contributed by atoms with Crippen molar-refractivity contribution in [2.45, 2.75) is 6.92 Å². The van der Waals surface area contributed by atoms with Crippen LogP contribution in [0.15, 0.2) is 46.9 Å². The van der Waals surface area contributed by atoms with E-state index in [9.17, 15) is 9.90 Å². The van der Waals surface area contributed by atoms with Gasteiger partial charge in [-0.3, -0.25) is 4.79 Å². The number of amides is 1. The van der Waals surface area contributed by atoms with E-state index in [0.717, 1.165) is 10.0 Å². The molecule has 0 aliphatic carbocycles. The Bertz CT molecular complexity index is 596. The quantitative estimate of drug-likeness (QED) is 0.888. The van der Waals surface area contributed by atoms with Gasteiger partial charge in [0, 0.05) is 10.2 Å².